The summed E-state index contributed by atoms with van der Waals surface area (Å²) in [5.41, 5.74) is 5.23. The molecule has 0 aliphatic carbocycles. The molecule has 5 nitrogen and oxygen atoms in total. The highest BCUT2D eigenvalue weighted by molar-refractivity contribution is 6.13. The second-order valence-electron chi connectivity index (χ2n) is 9.40. The molecule has 1 aliphatic rings. The number of fused-ring (bicyclic) bond motifs is 1. The lowest BCUT2D eigenvalue weighted by atomic mass is 9.98. The number of pyridine rings is 1. The molecule has 1 fully saturated rings. The number of aromatic nitrogens is 2. The third kappa shape index (κ3) is 4.07. The molecule has 1 saturated heterocycles. The van der Waals surface area contributed by atoms with Crippen molar-refractivity contribution in [3.63, 3.8) is 0 Å². The summed E-state index contributed by atoms with van der Waals surface area (Å²) in [5, 5.41) is 1.04. The van der Waals surface area contributed by atoms with Crippen LogP contribution in [0.15, 0.2) is 72.9 Å². The molecule has 1 aliphatic heterocycles. The maximum atomic E-state index is 14.2. The quantitative estimate of drug-likeness (QED) is 0.398. The lowest BCUT2D eigenvalue weighted by Gasteiger charge is -2.23. The molecule has 0 saturated carbocycles. The van der Waals surface area contributed by atoms with E-state index < -0.39 is 0 Å². The highest BCUT2D eigenvalue weighted by atomic mass is 16.2. The Morgan fingerprint density at radius 2 is 1.71 bits per heavy atom. The van der Waals surface area contributed by atoms with Gasteiger partial charge in [-0.15, -0.1) is 0 Å². The molecule has 0 radical (unpaired) electrons. The first-order valence-corrected chi connectivity index (χ1v) is 12.2. The van der Waals surface area contributed by atoms with Gasteiger partial charge >= 0.3 is 0 Å². The van der Waals surface area contributed by atoms with Crippen LogP contribution in [-0.2, 0) is 7.05 Å². The van der Waals surface area contributed by atoms with Crippen LogP contribution in [-0.4, -0.2) is 46.5 Å². The van der Waals surface area contributed by atoms with E-state index in [1.54, 1.807) is 0 Å². The van der Waals surface area contributed by atoms with Crippen LogP contribution in [0.3, 0.4) is 0 Å². The first-order valence-electron chi connectivity index (χ1n) is 12.2. The number of nitrogens with zero attached hydrogens (tertiary/aromatic N) is 4. The van der Waals surface area contributed by atoms with Crippen molar-refractivity contribution in [2.24, 2.45) is 7.05 Å². The molecule has 0 unspecified atom stereocenters. The van der Waals surface area contributed by atoms with Gasteiger partial charge in [-0.05, 0) is 47.7 Å². The van der Waals surface area contributed by atoms with Gasteiger partial charge < -0.3 is 14.4 Å². The average Bonchev–Trinajstić information content (AvgIpc) is 3.01. The Morgan fingerprint density at radius 1 is 0.912 bits per heavy atom. The van der Waals surface area contributed by atoms with Gasteiger partial charge in [0.2, 0.25) is 0 Å². The molecule has 2 aromatic heterocycles. The fourth-order valence-corrected chi connectivity index (χ4v) is 5.02. The number of aryl methyl sites for hydroxylation is 1. The molecule has 0 bridgehead atoms. The van der Waals surface area contributed by atoms with Gasteiger partial charge in [-0.2, -0.15) is 0 Å². The zero-order valence-corrected chi connectivity index (χ0v) is 20.2. The summed E-state index contributed by atoms with van der Waals surface area (Å²) in [7, 11) is 2.07. The second-order valence-corrected chi connectivity index (χ2v) is 9.40. The minimum absolute atomic E-state index is 0.119. The molecule has 34 heavy (non-hydrogen) atoms. The van der Waals surface area contributed by atoms with Gasteiger partial charge in [0, 0.05) is 50.3 Å². The van der Waals surface area contributed by atoms with Gasteiger partial charge in [0.1, 0.15) is 5.82 Å². The van der Waals surface area contributed by atoms with E-state index in [0.29, 0.717) is 12.5 Å². The van der Waals surface area contributed by atoms with Gasteiger partial charge in [0.05, 0.1) is 11.3 Å². The summed E-state index contributed by atoms with van der Waals surface area (Å²) in [6.07, 6.45) is 2.75. The first-order chi connectivity index (χ1) is 16.5. The predicted octanol–water partition coefficient (Wildman–Crippen LogP) is 5.72. The lowest BCUT2D eigenvalue weighted by Crippen LogP contribution is -2.35. The summed E-state index contributed by atoms with van der Waals surface area (Å²) in [5.74, 6) is 1.50. The van der Waals surface area contributed by atoms with E-state index in [-0.39, 0.29) is 5.91 Å². The third-order valence-corrected chi connectivity index (χ3v) is 6.91. The molecule has 0 spiro atoms. The van der Waals surface area contributed by atoms with Crippen LogP contribution in [0, 0.1) is 0 Å². The Kier molecular flexibility index (Phi) is 6.10. The summed E-state index contributed by atoms with van der Waals surface area (Å²) < 4.78 is 2.18. The third-order valence-electron chi connectivity index (χ3n) is 6.91. The Balaban J connectivity index is 1.56. The number of carbonyl (C=O) groups excluding carboxylic acids is 1. The molecular weight excluding hydrogens is 420 g/mol. The molecule has 2 aromatic carbocycles. The summed E-state index contributed by atoms with van der Waals surface area (Å²) in [6.45, 7) is 7.51. The van der Waals surface area contributed by atoms with E-state index in [9.17, 15) is 4.79 Å². The Morgan fingerprint density at radius 3 is 2.44 bits per heavy atom. The molecule has 174 valence electrons. The predicted molar refractivity (Wildman–Crippen MR) is 139 cm³/mol. The summed E-state index contributed by atoms with van der Waals surface area (Å²) in [6, 6.07) is 22.9. The van der Waals surface area contributed by atoms with Crippen LogP contribution in [0.1, 0.15) is 42.1 Å². The second kappa shape index (κ2) is 9.34. The highest BCUT2D eigenvalue weighted by Crippen LogP contribution is 2.36. The van der Waals surface area contributed by atoms with Crippen molar-refractivity contribution in [1.29, 1.82) is 0 Å². The monoisotopic (exact) mass is 452 g/mol. The minimum atomic E-state index is 0.119. The van der Waals surface area contributed by atoms with Crippen molar-refractivity contribution < 1.29 is 4.79 Å². The van der Waals surface area contributed by atoms with E-state index >= 15 is 0 Å². The average molecular weight is 453 g/mol. The number of hydrogen-bond acceptors (Lipinski definition) is 3. The van der Waals surface area contributed by atoms with E-state index in [4.69, 9.17) is 0 Å². The zero-order valence-electron chi connectivity index (χ0n) is 20.2. The molecule has 1 amide bonds. The summed E-state index contributed by atoms with van der Waals surface area (Å²) in [4.78, 5) is 23.0. The number of anilines is 1. The zero-order chi connectivity index (χ0) is 23.7. The number of benzene rings is 2. The minimum Gasteiger partial charge on any atom is -0.355 e. The van der Waals surface area contributed by atoms with Crippen LogP contribution in [0.25, 0.3) is 22.2 Å². The molecular formula is C29H32N4O. The van der Waals surface area contributed by atoms with E-state index in [2.05, 4.69) is 65.7 Å². The molecule has 0 atom stereocenters. The number of hydrogen-bond donors (Lipinski definition) is 0. The topological polar surface area (TPSA) is 41.4 Å². The van der Waals surface area contributed by atoms with Crippen LogP contribution in [0.2, 0.25) is 0 Å². The van der Waals surface area contributed by atoms with Crippen molar-refractivity contribution >= 4 is 22.6 Å². The fraction of sp³-hybridized carbons (Fsp3) is 0.310. The van der Waals surface area contributed by atoms with Crippen molar-refractivity contribution in [2.45, 2.75) is 26.2 Å². The van der Waals surface area contributed by atoms with Gasteiger partial charge in [-0.3, -0.25) is 4.79 Å². The Labute approximate surface area is 201 Å². The lowest BCUT2D eigenvalue weighted by molar-refractivity contribution is 0.0769. The fourth-order valence-electron chi connectivity index (χ4n) is 5.02. The standard InChI is InChI=1S/C29H32N4O/c1-21(2)23-13-14-25-24(20-23)27(28(31(25)3)22-10-5-4-6-11-22)29(34)33-17-9-16-32(18-19-33)26-12-7-8-15-30-26/h4-8,10-15,20-21H,9,16-19H2,1-3H3. The maximum absolute atomic E-state index is 14.2. The van der Waals surface area contributed by atoms with Gasteiger partial charge in [-0.1, -0.05) is 56.3 Å². The first kappa shape index (κ1) is 22.2. The van der Waals surface area contributed by atoms with E-state index in [1.165, 1.54) is 5.56 Å². The highest BCUT2D eigenvalue weighted by Gasteiger charge is 2.28. The van der Waals surface area contributed by atoms with E-state index in [1.807, 2.05) is 47.5 Å². The molecule has 5 rings (SSSR count). The van der Waals surface area contributed by atoms with Crippen molar-refractivity contribution in [1.82, 2.24) is 14.5 Å². The van der Waals surface area contributed by atoms with Crippen LogP contribution in [0.4, 0.5) is 5.82 Å². The number of rotatable bonds is 4. The van der Waals surface area contributed by atoms with Crippen LogP contribution in [0.5, 0.6) is 0 Å². The molecule has 5 heteroatoms. The summed E-state index contributed by atoms with van der Waals surface area (Å²) >= 11 is 0. The van der Waals surface area contributed by atoms with Crippen molar-refractivity contribution in [3.05, 3.63) is 84.1 Å². The van der Waals surface area contributed by atoms with Gasteiger partial charge in [0.25, 0.3) is 5.91 Å². The molecule has 3 heterocycles. The van der Waals surface area contributed by atoms with Gasteiger partial charge in [-0.25, -0.2) is 4.98 Å². The molecule has 0 N–H and O–H groups in total. The largest absolute Gasteiger partial charge is 0.355 e. The SMILES string of the molecule is CC(C)c1ccc2c(c1)c(C(=O)N1CCCN(c3ccccn3)CC1)c(-c1ccccc1)n2C. The number of amides is 1. The molecule has 4 aromatic rings. The Hall–Kier alpha value is -3.60. The van der Waals surface area contributed by atoms with Crippen LogP contribution >= 0.6 is 0 Å². The Bertz CT molecular complexity index is 1290. The number of carbonyl (C=O) groups is 1. The smallest absolute Gasteiger partial charge is 0.256 e. The van der Waals surface area contributed by atoms with Gasteiger partial charge in [0.15, 0.2) is 0 Å². The maximum Gasteiger partial charge on any atom is 0.256 e. The normalized spacial score (nSPS) is 14.6. The van der Waals surface area contributed by atoms with E-state index in [0.717, 1.165) is 59.6 Å². The van der Waals surface area contributed by atoms with Crippen molar-refractivity contribution in [2.75, 3.05) is 31.1 Å². The van der Waals surface area contributed by atoms with Crippen molar-refractivity contribution in [3.8, 4) is 11.3 Å². The van der Waals surface area contributed by atoms with Crippen LogP contribution < -0.4 is 4.90 Å².